The van der Waals surface area contributed by atoms with E-state index in [0.717, 1.165) is 0 Å². The van der Waals surface area contributed by atoms with Gasteiger partial charge in [0.1, 0.15) is 0 Å². The van der Waals surface area contributed by atoms with E-state index in [2.05, 4.69) is 4.98 Å². The number of rotatable bonds is 1. The average molecular weight is 156 g/mol. The van der Waals surface area contributed by atoms with E-state index in [4.69, 9.17) is 4.74 Å². The Morgan fingerprint density at radius 1 is 1.27 bits per heavy atom. The standard InChI is InChI=1S/C6H8N2O3/c1-3-4(11-2)5(9)8-6(10)7-3/h1-2H3,(H2,7,8,9,10). The molecule has 0 aliphatic carbocycles. The highest BCUT2D eigenvalue weighted by Gasteiger charge is 2.03. The Morgan fingerprint density at radius 3 is 2.36 bits per heavy atom. The molecule has 0 spiro atoms. The maximum absolute atomic E-state index is 10.9. The summed E-state index contributed by atoms with van der Waals surface area (Å²) in [4.78, 5) is 25.9. The van der Waals surface area contributed by atoms with Gasteiger partial charge in [-0.05, 0) is 6.92 Å². The summed E-state index contributed by atoms with van der Waals surface area (Å²) in [6.45, 7) is 1.59. The van der Waals surface area contributed by atoms with E-state index in [1.165, 1.54) is 7.11 Å². The number of aromatic nitrogens is 2. The van der Waals surface area contributed by atoms with Gasteiger partial charge in [0, 0.05) is 0 Å². The second-order valence-electron chi connectivity index (χ2n) is 2.07. The van der Waals surface area contributed by atoms with Crippen LogP contribution in [0, 0.1) is 6.92 Å². The highest BCUT2D eigenvalue weighted by atomic mass is 16.5. The minimum absolute atomic E-state index is 0.143. The van der Waals surface area contributed by atoms with Crippen LogP contribution in [0.15, 0.2) is 9.59 Å². The van der Waals surface area contributed by atoms with Crippen LogP contribution in [0.25, 0.3) is 0 Å². The van der Waals surface area contributed by atoms with E-state index in [1.54, 1.807) is 6.92 Å². The molecule has 60 valence electrons. The molecule has 0 aromatic carbocycles. The first-order valence-corrected chi connectivity index (χ1v) is 3.02. The Hall–Kier alpha value is -1.52. The van der Waals surface area contributed by atoms with Crippen molar-refractivity contribution in [3.63, 3.8) is 0 Å². The van der Waals surface area contributed by atoms with E-state index in [9.17, 15) is 9.59 Å². The number of aryl methyl sites for hydroxylation is 1. The van der Waals surface area contributed by atoms with Gasteiger partial charge >= 0.3 is 5.69 Å². The number of hydrogen-bond donors (Lipinski definition) is 2. The zero-order valence-electron chi connectivity index (χ0n) is 6.22. The predicted molar refractivity (Wildman–Crippen MR) is 39.0 cm³/mol. The fourth-order valence-electron chi connectivity index (χ4n) is 0.834. The molecule has 0 saturated heterocycles. The third-order valence-electron chi connectivity index (χ3n) is 1.28. The maximum atomic E-state index is 10.9. The molecule has 0 amide bonds. The molecule has 0 aliphatic rings. The smallest absolute Gasteiger partial charge is 0.326 e. The van der Waals surface area contributed by atoms with Gasteiger partial charge < -0.3 is 9.72 Å². The van der Waals surface area contributed by atoms with Crippen molar-refractivity contribution in [1.82, 2.24) is 9.97 Å². The third-order valence-corrected chi connectivity index (χ3v) is 1.28. The van der Waals surface area contributed by atoms with Crippen LogP contribution in [0.5, 0.6) is 5.75 Å². The Morgan fingerprint density at radius 2 is 1.91 bits per heavy atom. The van der Waals surface area contributed by atoms with Crippen molar-refractivity contribution in [2.45, 2.75) is 6.92 Å². The van der Waals surface area contributed by atoms with Crippen molar-refractivity contribution >= 4 is 0 Å². The van der Waals surface area contributed by atoms with Gasteiger partial charge in [-0.25, -0.2) is 4.79 Å². The van der Waals surface area contributed by atoms with E-state index in [-0.39, 0.29) is 5.75 Å². The topological polar surface area (TPSA) is 75.0 Å². The molecule has 5 heteroatoms. The molecule has 0 radical (unpaired) electrons. The van der Waals surface area contributed by atoms with Crippen LogP contribution in [-0.2, 0) is 0 Å². The van der Waals surface area contributed by atoms with Crippen LogP contribution < -0.4 is 16.0 Å². The number of ether oxygens (including phenoxy) is 1. The third kappa shape index (κ3) is 1.31. The highest BCUT2D eigenvalue weighted by molar-refractivity contribution is 5.21. The van der Waals surface area contributed by atoms with Gasteiger partial charge in [-0.1, -0.05) is 0 Å². The average Bonchev–Trinajstić information content (AvgIpc) is 1.85. The number of H-pyrrole nitrogens is 2. The first-order chi connectivity index (χ1) is 5.15. The molecule has 1 aromatic heterocycles. The molecule has 0 saturated carbocycles. The summed E-state index contributed by atoms with van der Waals surface area (Å²) in [7, 11) is 1.37. The lowest BCUT2D eigenvalue weighted by atomic mass is 10.4. The zero-order chi connectivity index (χ0) is 8.43. The van der Waals surface area contributed by atoms with Crippen molar-refractivity contribution in [1.29, 1.82) is 0 Å². The molecule has 2 N–H and O–H groups in total. The summed E-state index contributed by atoms with van der Waals surface area (Å²) in [6, 6.07) is 0. The molecule has 0 bridgehead atoms. The number of methoxy groups -OCH3 is 1. The van der Waals surface area contributed by atoms with Crippen LogP contribution in [0.4, 0.5) is 0 Å². The Labute approximate surface area is 62.0 Å². The Bertz CT molecular complexity index is 363. The molecular formula is C6H8N2O3. The summed E-state index contributed by atoms with van der Waals surface area (Å²) < 4.78 is 4.72. The summed E-state index contributed by atoms with van der Waals surface area (Å²) in [5, 5.41) is 0. The monoisotopic (exact) mass is 156 g/mol. The van der Waals surface area contributed by atoms with Gasteiger partial charge in [0.25, 0.3) is 5.56 Å². The lowest BCUT2D eigenvalue weighted by Crippen LogP contribution is -2.24. The Balaban J connectivity index is 3.49. The van der Waals surface area contributed by atoms with Gasteiger partial charge in [-0.3, -0.25) is 9.78 Å². The molecule has 1 rings (SSSR count). The molecular weight excluding hydrogens is 148 g/mol. The molecule has 1 heterocycles. The zero-order valence-corrected chi connectivity index (χ0v) is 6.22. The number of aromatic amines is 2. The first kappa shape index (κ1) is 7.59. The normalized spacial score (nSPS) is 9.64. The van der Waals surface area contributed by atoms with Crippen LogP contribution in [0.2, 0.25) is 0 Å². The lowest BCUT2D eigenvalue weighted by Gasteiger charge is -1.99. The SMILES string of the molecule is COc1c(C)[nH]c(=O)[nH]c1=O. The predicted octanol–water partition coefficient (Wildman–Crippen LogP) is -0.620. The largest absolute Gasteiger partial charge is 0.490 e. The minimum Gasteiger partial charge on any atom is -0.490 e. The maximum Gasteiger partial charge on any atom is 0.326 e. The quantitative estimate of drug-likeness (QED) is 0.569. The molecule has 1 aromatic rings. The minimum atomic E-state index is -0.520. The lowest BCUT2D eigenvalue weighted by molar-refractivity contribution is 0.401. The molecule has 0 unspecified atom stereocenters. The van der Waals surface area contributed by atoms with Crippen molar-refractivity contribution < 1.29 is 4.74 Å². The fraction of sp³-hybridized carbons (Fsp3) is 0.333. The molecule has 11 heavy (non-hydrogen) atoms. The van der Waals surface area contributed by atoms with Gasteiger partial charge in [0.15, 0.2) is 0 Å². The molecule has 5 nitrogen and oxygen atoms in total. The van der Waals surface area contributed by atoms with Gasteiger partial charge in [-0.2, -0.15) is 0 Å². The van der Waals surface area contributed by atoms with E-state index < -0.39 is 11.2 Å². The highest BCUT2D eigenvalue weighted by Crippen LogP contribution is 2.02. The molecule has 0 fully saturated rings. The van der Waals surface area contributed by atoms with Crippen LogP contribution in [0.1, 0.15) is 5.69 Å². The van der Waals surface area contributed by atoms with Crippen molar-refractivity contribution in [3.8, 4) is 5.75 Å². The fourth-order valence-corrected chi connectivity index (χ4v) is 0.834. The van der Waals surface area contributed by atoms with E-state index in [1.807, 2.05) is 4.98 Å². The van der Waals surface area contributed by atoms with Gasteiger partial charge in [0.05, 0.1) is 12.8 Å². The first-order valence-electron chi connectivity index (χ1n) is 3.02. The number of nitrogens with one attached hydrogen (secondary N) is 2. The van der Waals surface area contributed by atoms with Gasteiger partial charge in [-0.15, -0.1) is 0 Å². The summed E-state index contributed by atoms with van der Waals surface area (Å²) in [6.07, 6.45) is 0. The summed E-state index contributed by atoms with van der Waals surface area (Å²) >= 11 is 0. The second-order valence-corrected chi connectivity index (χ2v) is 2.07. The van der Waals surface area contributed by atoms with Crippen LogP contribution in [0.3, 0.4) is 0 Å². The van der Waals surface area contributed by atoms with E-state index >= 15 is 0 Å². The van der Waals surface area contributed by atoms with E-state index in [0.29, 0.717) is 5.69 Å². The van der Waals surface area contributed by atoms with Crippen molar-refractivity contribution in [2.75, 3.05) is 7.11 Å². The van der Waals surface area contributed by atoms with Crippen LogP contribution in [-0.4, -0.2) is 17.1 Å². The molecule has 0 atom stereocenters. The van der Waals surface area contributed by atoms with Crippen molar-refractivity contribution in [3.05, 3.63) is 26.5 Å². The summed E-state index contributed by atoms with van der Waals surface area (Å²) in [5.74, 6) is 0.143. The Kier molecular flexibility index (Phi) is 1.80. The van der Waals surface area contributed by atoms with Crippen LogP contribution >= 0.6 is 0 Å². The van der Waals surface area contributed by atoms with Crippen molar-refractivity contribution in [2.24, 2.45) is 0 Å². The summed E-state index contributed by atoms with van der Waals surface area (Å²) in [5.41, 5.74) is -0.594. The number of hydrogen-bond acceptors (Lipinski definition) is 3. The molecule has 0 aliphatic heterocycles. The van der Waals surface area contributed by atoms with Gasteiger partial charge in [0.2, 0.25) is 5.75 Å². The second kappa shape index (κ2) is 2.61.